The van der Waals surface area contributed by atoms with Crippen molar-refractivity contribution in [3.05, 3.63) is 15.6 Å². The summed E-state index contributed by atoms with van der Waals surface area (Å²) >= 11 is 1.78. The van der Waals surface area contributed by atoms with Crippen LogP contribution in [-0.2, 0) is 17.7 Å². The van der Waals surface area contributed by atoms with E-state index >= 15 is 0 Å². The number of hydrogen-bond donors (Lipinski definition) is 1. The van der Waals surface area contributed by atoms with Crippen LogP contribution in [0.2, 0.25) is 0 Å². The summed E-state index contributed by atoms with van der Waals surface area (Å²) in [5.41, 5.74) is 1.22. The molecule has 98 valence electrons. The minimum Gasteiger partial charge on any atom is -0.374 e. The summed E-state index contributed by atoms with van der Waals surface area (Å²) in [6, 6.07) is 0.509. The van der Waals surface area contributed by atoms with Crippen molar-refractivity contribution in [3.63, 3.8) is 0 Å². The summed E-state index contributed by atoms with van der Waals surface area (Å²) in [5.74, 6) is 0. The van der Waals surface area contributed by atoms with Crippen LogP contribution in [0.25, 0.3) is 0 Å². The molecule has 0 saturated carbocycles. The van der Waals surface area contributed by atoms with Gasteiger partial charge in [0.1, 0.15) is 11.1 Å². The van der Waals surface area contributed by atoms with Gasteiger partial charge in [0, 0.05) is 24.6 Å². The van der Waals surface area contributed by atoms with Crippen LogP contribution in [0.1, 0.15) is 55.8 Å². The lowest BCUT2D eigenvalue weighted by Crippen LogP contribution is -2.21. The van der Waals surface area contributed by atoms with Gasteiger partial charge in [-0.1, -0.05) is 27.7 Å². The van der Waals surface area contributed by atoms with E-state index in [4.69, 9.17) is 9.72 Å². The number of ether oxygens (including phenoxy) is 1. The lowest BCUT2D eigenvalue weighted by molar-refractivity contribution is 0.0997. The van der Waals surface area contributed by atoms with E-state index in [1.165, 1.54) is 10.6 Å². The molecule has 0 radical (unpaired) electrons. The normalized spacial score (nSPS) is 13.3. The maximum atomic E-state index is 5.45. The van der Waals surface area contributed by atoms with Gasteiger partial charge in [-0.05, 0) is 12.8 Å². The van der Waals surface area contributed by atoms with Crippen molar-refractivity contribution in [2.24, 2.45) is 0 Å². The zero-order chi connectivity index (χ0) is 12.8. The molecule has 0 amide bonds. The second kappa shape index (κ2) is 7.09. The highest BCUT2D eigenvalue weighted by Crippen LogP contribution is 2.28. The molecule has 1 rings (SSSR count). The monoisotopic (exact) mass is 256 g/mol. The van der Waals surface area contributed by atoms with E-state index in [2.05, 4.69) is 33.0 Å². The molecule has 17 heavy (non-hydrogen) atoms. The van der Waals surface area contributed by atoms with Crippen LogP contribution in [0, 0.1) is 0 Å². The van der Waals surface area contributed by atoms with Crippen molar-refractivity contribution in [1.29, 1.82) is 0 Å². The Kier molecular flexibility index (Phi) is 6.09. The SMILES string of the molecule is CCc1nc(C(CC)OC)sc1CNC(C)C. The van der Waals surface area contributed by atoms with Gasteiger partial charge in [0.15, 0.2) is 0 Å². The molecule has 1 atom stereocenters. The molecule has 0 aliphatic heterocycles. The molecule has 1 N–H and O–H groups in total. The number of methoxy groups -OCH3 is 1. The van der Waals surface area contributed by atoms with Crippen molar-refractivity contribution in [1.82, 2.24) is 10.3 Å². The molecule has 1 heterocycles. The molecule has 1 unspecified atom stereocenters. The maximum Gasteiger partial charge on any atom is 0.122 e. The lowest BCUT2D eigenvalue weighted by atomic mass is 10.2. The summed E-state index contributed by atoms with van der Waals surface area (Å²) in [6.45, 7) is 9.53. The van der Waals surface area contributed by atoms with Gasteiger partial charge in [-0.25, -0.2) is 4.98 Å². The quantitative estimate of drug-likeness (QED) is 0.813. The van der Waals surface area contributed by atoms with Gasteiger partial charge in [0.25, 0.3) is 0 Å². The van der Waals surface area contributed by atoms with Crippen molar-refractivity contribution < 1.29 is 4.74 Å². The van der Waals surface area contributed by atoms with Crippen LogP contribution < -0.4 is 5.32 Å². The maximum absolute atomic E-state index is 5.45. The van der Waals surface area contributed by atoms with Crippen molar-refractivity contribution in [2.75, 3.05) is 7.11 Å². The highest BCUT2D eigenvalue weighted by atomic mass is 32.1. The lowest BCUT2D eigenvalue weighted by Gasteiger charge is -2.08. The van der Waals surface area contributed by atoms with E-state index < -0.39 is 0 Å². The Bertz CT molecular complexity index is 332. The van der Waals surface area contributed by atoms with Crippen LogP contribution in [0.5, 0.6) is 0 Å². The standard InChI is InChI=1S/C13H24N2OS/c1-6-10-12(8-14-9(3)4)17-13(15-10)11(7-2)16-5/h9,11,14H,6-8H2,1-5H3. The molecule has 4 heteroatoms. The summed E-state index contributed by atoms with van der Waals surface area (Å²) in [4.78, 5) is 6.06. The van der Waals surface area contributed by atoms with Gasteiger partial charge in [0.2, 0.25) is 0 Å². The van der Waals surface area contributed by atoms with Gasteiger partial charge in [-0.15, -0.1) is 11.3 Å². The Balaban J connectivity index is 2.82. The van der Waals surface area contributed by atoms with Crippen molar-refractivity contribution >= 4 is 11.3 Å². The van der Waals surface area contributed by atoms with Gasteiger partial charge >= 0.3 is 0 Å². The zero-order valence-corrected chi connectivity index (χ0v) is 12.4. The van der Waals surface area contributed by atoms with E-state index in [0.29, 0.717) is 6.04 Å². The third-order valence-electron chi connectivity index (χ3n) is 2.73. The topological polar surface area (TPSA) is 34.1 Å². The molecule has 1 aromatic heterocycles. The zero-order valence-electron chi connectivity index (χ0n) is 11.5. The number of nitrogens with zero attached hydrogens (tertiary/aromatic N) is 1. The smallest absolute Gasteiger partial charge is 0.122 e. The van der Waals surface area contributed by atoms with E-state index in [9.17, 15) is 0 Å². The first-order valence-corrected chi connectivity index (χ1v) is 7.18. The molecule has 1 aromatic rings. The predicted molar refractivity (Wildman–Crippen MR) is 73.5 cm³/mol. The third-order valence-corrected chi connectivity index (χ3v) is 3.92. The molecule has 3 nitrogen and oxygen atoms in total. The fourth-order valence-corrected chi connectivity index (χ4v) is 2.96. The molecule has 0 bridgehead atoms. The molecule has 0 fully saturated rings. The minimum absolute atomic E-state index is 0.151. The van der Waals surface area contributed by atoms with Gasteiger partial charge in [-0.3, -0.25) is 0 Å². The number of rotatable bonds is 7. The van der Waals surface area contributed by atoms with E-state index in [-0.39, 0.29) is 6.10 Å². The Hall–Kier alpha value is -0.450. The number of hydrogen-bond acceptors (Lipinski definition) is 4. The Labute approximate surface area is 109 Å². The number of aryl methyl sites for hydroxylation is 1. The largest absolute Gasteiger partial charge is 0.374 e. The first kappa shape index (κ1) is 14.6. The summed E-state index contributed by atoms with van der Waals surface area (Å²) in [6.07, 6.45) is 2.12. The molecular weight excluding hydrogens is 232 g/mol. The summed E-state index contributed by atoms with van der Waals surface area (Å²) in [7, 11) is 1.76. The van der Waals surface area contributed by atoms with Crippen LogP contribution in [-0.4, -0.2) is 18.1 Å². The number of aromatic nitrogens is 1. The van der Waals surface area contributed by atoms with E-state index in [1.54, 1.807) is 18.4 Å². The predicted octanol–water partition coefficient (Wildman–Crippen LogP) is 3.30. The second-order valence-corrected chi connectivity index (χ2v) is 5.56. The highest BCUT2D eigenvalue weighted by molar-refractivity contribution is 7.11. The summed E-state index contributed by atoms with van der Waals surface area (Å²) < 4.78 is 5.45. The number of nitrogens with one attached hydrogen (secondary N) is 1. The number of thiazole rings is 1. The van der Waals surface area contributed by atoms with Crippen molar-refractivity contribution in [2.45, 2.75) is 59.2 Å². The molecular formula is C13H24N2OS. The fourth-order valence-electron chi connectivity index (χ4n) is 1.69. The minimum atomic E-state index is 0.151. The Morgan fingerprint density at radius 1 is 1.35 bits per heavy atom. The van der Waals surface area contributed by atoms with Crippen LogP contribution in [0.4, 0.5) is 0 Å². The van der Waals surface area contributed by atoms with Gasteiger partial charge in [-0.2, -0.15) is 0 Å². The molecule has 0 aromatic carbocycles. The third kappa shape index (κ3) is 4.05. The van der Waals surface area contributed by atoms with Gasteiger partial charge in [0.05, 0.1) is 5.69 Å². The molecule has 0 aliphatic carbocycles. The average Bonchev–Trinajstić information content (AvgIpc) is 2.71. The molecule has 0 saturated heterocycles. The van der Waals surface area contributed by atoms with E-state index in [1.807, 2.05) is 0 Å². The average molecular weight is 256 g/mol. The summed E-state index contributed by atoms with van der Waals surface area (Å²) in [5, 5.41) is 4.57. The Morgan fingerprint density at radius 3 is 2.53 bits per heavy atom. The first-order valence-electron chi connectivity index (χ1n) is 6.36. The van der Waals surface area contributed by atoms with Crippen LogP contribution >= 0.6 is 11.3 Å². The van der Waals surface area contributed by atoms with Crippen LogP contribution in [0.3, 0.4) is 0 Å². The molecule has 0 aliphatic rings. The fraction of sp³-hybridized carbons (Fsp3) is 0.769. The Morgan fingerprint density at radius 2 is 2.06 bits per heavy atom. The van der Waals surface area contributed by atoms with Gasteiger partial charge < -0.3 is 10.1 Å². The second-order valence-electron chi connectivity index (χ2n) is 4.44. The van der Waals surface area contributed by atoms with Crippen LogP contribution in [0.15, 0.2) is 0 Å². The molecule has 0 spiro atoms. The van der Waals surface area contributed by atoms with E-state index in [0.717, 1.165) is 24.4 Å². The van der Waals surface area contributed by atoms with Crippen molar-refractivity contribution in [3.8, 4) is 0 Å². The first-order chi connectivity index (χ1) is 8.12. The highest BCUT2D eigenvalue weighted by Gasteiger charge is 2.16.